The van der Waals surface area contributed by atoms with Crippen molar-refractivity contribution in [2.24, 2.45) is 0 Å². The summed E-state index contributed by atoms with van der Waals surface area (Å²) in [5, 5.41) is 7.51. The first-order chi connectivity index (χ1) is 30.7. The van der Waals surface area contributed by atoms with Crippen LogP contribution in [0.1, 0.15) is 22.3 Å². The number of thiophene rings is 1. The summed E-state index contributed by atoms with van der Waals surface area (Å²) in [4.78, 5) is 2.49. The van der Waals surface area contributed by atoms with Crippen LogP contribution in [0.15, 0.2) is 231 Å². The molecule has 290 valence electrons. The molecule has 0 amide bonds. The van der Waals surface area contributed by atoms with Gasteiger partial charge in [0.15, 0.2) is 0 Å². The minimum absolute atomic E-state index is 0.556. The molecule has 0 saturated heterocycles. The molecule has 0 N–H and O–H groups in total. The van der Waals surface area contributed by atoms with E-state index in [0.29, 0.717) is 0 Å². The lowest BCUT2D eigenvalue weighted by molar-refractivity contribution is 0.769. The van der Waals surface area contributed by atoms with Crippen molar-refractivity contribution in [1.82, 2.24) is 4.57 Å². The first kappa shape index (κ1) is 35.1. The van der Waals surface area contributed by atoms with E-state index in [4.69, 9.17) is 0 Å². The van der Waals surface area contributed by atoms with Crippen LogP contribution < -0.4 is 4.90 Å². The van der Waals surface area contributed by atoms with E-state index in [9.17, 15) is 0 Å². The summed E-state index contributed by atoms with van der Waals surface area (Å²) in [7, 11) is 0. The highest BCUT2D eigenvalue weighted by Crippen LogP contribution is 2.58. The molecule has 2 aromatic heterocycles. The molecule has 0 fully saturated rings. The van der Waals surface area contributed by atoms with E-state index < -0.39 is 5.41 Å². The summed E-state index contributed by atoms with van der Waals surface area (Å²) < 4.78 is 4.99. The van der Waals surface area contributed by atoms with Gasteiger partial charge in [-0.1, -0.05) is 146 Å². The van der Waals surface area contributed by atoms with Gasteiger partial charge in [-0.2, -0.15) is 0 Å². The quantitative estimate of drug-likeness (QED) is 0.162. The summed E-state index contributed by atoms with van der Waals surface area (Å²) in [6.45, 7) is 0. The third kappa shape index (κ3) is 5.09. The maximum atomic E-state index is 2.49. The monoisotopic (exact) mass is 806 g/mol. The van der Waals surface area contributed by atoms with Crippen molar-refractivity contribution in [2.75, 3.05) is 4.90 Å². The van der Waals surface area contributed by atoms with Crippen LogP contribution in [0.5, 0.6) is 0 Å². The van der Waals surface area contributed by atoms with Crippen LogP contribution >= 0.6 is 11.3 Å². The number of hydrogen-bond acceptors (Lipinski definition) is 2. The average molecular weight is 807 g/mol. The molecule has 2 nitrogen and oxygen atoms in total. The van der Waals surface area contributed by atoms with Gasteiger partial charge in [0.05, 0.1) is 16.4 Å². The van der Waals surface area contributed by atoms with Gasteiger partial charge in [0.25, 0.3) is 0 Å². The molecule has 10 aromatic carbocycles. The summed E-state index contributed by atoms with van der Waals surface area (Å²) in [5.74, 6) is 0. The van der Waals surface area contributed by atoms with E-state index in [1.807, 2.05) is 11.3 Å². The molecule has 13 rings (SSSR count). The molecule has 12 aromatic rings. The van der Waals surface area contributed by atoms with Crippen molar-refractivity contribution in [3.8, 4) is 16.8 Å². The van der Waals surface area contributed by atoms with Crippen molar-refractivity contribution >= 4 is 81.1 Å². The van der Waals surface area contributed by atoms with Gasteiger partial charge < -0.3 is 9.47 Å². The van der Waals surface area contributed by atoms with Crippen molar-refractivity contribution in [2.45, 2.75) is 5.41 Å². The fourth-order valence-electron chi connectivity index (χ4n) is 10.6. The molecule has 0 radical (unpaired) electrons. The lowest BCUT2D eigenvalue weighted by Gasteiger charge is -2.35. The minimum Gasteiger partial charge on any atom is -0.310 e. The third-order valence-electron chi connectivity index (χ3n) is 13.2. The predicted molar refractivity (Wildman–Crippen MR) is 263 cm³/mol. The van der Waals surface area contributed by atoms with E-state index in [2.05, 4.69) is 240 Å². The average Bonchev–Trinajstić information content (AvgIpc) is 3.97. The van der Waals surface area contributed by atoms with Crippen LogP contribution in [0.25, 0.3) is 69.6 Å². The Hall–Kier alpha value is -7.72. The van der Waals surface area contributed by atoms with Gasteiger partial charge >= 0.3 is 0 Å². The van der Waals surface area contributed by atoms with E-state index in [0.717, 1.165) is 22.7 Å². The molecule has 2 heterocycles. The lowest BCUT2D eigenvalue weighted by atomic mass is 9.67. The Morgan fingerprint density at radius 3 is 1.65 bits per heavy atom. The first-order valence-electron chi connectivity index (χ1n) is 21.3. The summed E-state index contributed by atoms with van der Waals surface area (Å²) >= 11 is 1.86. The fourth-order valence-corrected chi connectivity index (χ4v) is 11.6. The van der Waals surface area contributed by atoms with Gasteiger partial charge in [-0.15, -0.1) is 11.3 Å². The Balaban J connectivity index is 1.11. The van der Waals surface area contributed by atoms with Gasteiger partial charge in [0.2, 0.25) is 0 Å². The maximum Gasteiger partial charge on any atom is 0.0714 e. The molecule has 62 heavy (non-hydrogen) atoms. The summed E-state index contributed by atoms with van der Waals surface area (Å²) in [6, 6.07) is 85.6. The molecule has 0 spiro atoms. The highest BCUT2D eigenvalue weighted by Gasteiger charge is 2.46. The second kappa shape index (κ2) is 13.7. The molecule has 1 aliphatic rings. The summed E-state index contributed by atoms with van der Waals surface area (Å²) in [6.07, 6.45) is 0. The Kier molecular flexibility index (Phi) is 7.72. The van der Waals surface area contributed by atoms with Crippen LogP contribution in [-0.4, -0.2) is 4.57 Å². The highest BCUT2D eigenvalue weighted by atomic mass is 32.1. The molecule has 0 aliphatic heterocycles. The lowest BCUT2D eigenvalue weighted by Crippen LogP contribution is -2.28. The Labute approximate surface area is 363 Å². The van der Waals surface area contributed by atoms with Crippen LogP contribution in [0, 0.1) is 0 Å². The number of fused-ring (bicyclic) bond motifs is 10. The van der Waals surface area contributed by atoms with Gasteiger partial charge in [-0.3, -0.25) is 0 Å². The molecule has 0 unspecified atom stereocenters. The highest BCUT2D eigenvalue weighted by molar-refractivity contribution is 7.25. The SMILES string of the molecule is c1ccc(-n2c3ccccc3c3cc(N(c4ccc5c(c4)C(c4ccccc4)(c4ccccc4)c4cc6ccccc6cc4-5)c4ccc5sc6ccccc6c5c4)ccc32)cc1. The first-order valence-corrected chi connectivity index (χ1v) is 22.1. The van der Waals surface area contributed by atoms with E-state index >= 15 is 0 Å². The molecular weight excluding hydrogens is 769 g/mol. The summed E-state index contributed by atoms with van der Waals surface area (Å²) in [5.41, 5.74) is 14.0. The molecular formula is C59H38N2S. The number of nitrogens with zero attached hydrogens (tertiary/aromatic N) is 2. The van der Waals surface area contributed by atoms with Crippen molar-refractivity contribution in [1.29, 1.82) is 0 Å². The maximum absolute atomic E-state index is 2.49. The predicted octanol–water partition coefficient (Wildman–Crippen LogP) is 16.1. The van der Waals surface area contributed by atoms with E-state index in [1.165, 1.54) is 86.1 Å². The normalized spacial score (nSPS) is 13.0. The minimum atomic E-state index is -0.556. The topological polar surface area (TPSA) is 8.17 Å². The zero-order valence-electron chi connectivity index (χ0n) is 33.7. The molecule has 0 saturated carbocycles. The number of aromatic nitrogens is 1. The second-order valence-electron chi connectivity index (χ2n) is 16.5. The van der Waals surface area contributed by atoms with Crippen LogP contribution in [0.4, 0.5) is 17.1 Å². The Bertz CT molecular complexity index is 3660. The zero-order valence-corrected chi connectivity index (χ0v) is 34.6. The van der Waals surface area contributed by atoms with Gasteiger partial charge in [-0.25, -0.2) is 0 Å². The van der Waals surface area contributed by atoms with Crippen LogP contribution in [0.3, 0.4) is 0 Å². The standard InChI is InChI=1S/C59H38N2S/c1-4-18-41(19-5-1)59(42-20-6-2-7-21-42)53-35-40-17-11-10-16-39(40)34-50(53)47-31-28-46(38-54(47)59)60(45-30-33-58-52(37-45)49-25-13-15-27-57(49)62-58)44-29-32-56-51(36-44)48-24-12-14-26-55(48)61(56)43-22-8-3-9-23-43/h1-38H. The number of hydrogen-bond donors (Lipinski definition) is 0. The van der Waals surface area contributed by atoms with Gasteiger partial charge in [0, 0.05) is 53.7 Å². The van der Waals surface area contributed by atoms with Crippen LogP contribution in [0.2, 0.25) is 0 Å². The van der Waals surface area contributed by atoms with Crippen molar-refractivity contribution in [3.05, 3.63) is 253 Å². The molecule has 3 heteroatoms. The molecule has 1 aliphatic carbocycles. The molecule has 0 bridgehead atoms. The van der Waals surface area contributed by atoms with Crippen molar-refractivity contribution < 1.29 is 0 Å². The van der Waals surface area contributed by atoms with Crippen molar-refractivity contribution in [3.63, 3.8) is 0 Å². The molecule has 0 atom stereocenters. The second-order valence-corrected chi connectivity index (χ2v) is 17.5. The Morgan fingerprint density at radius 2 is 0.887 bits per heavy atom. The number of anilines is 3. The van der Waals surface area contributed by atoms with E-state index in [-0.39, 0.29) is 0 Å². The largest absolute Gasteiger partial charge is 0.310 e. The van der Waals surface area contributed by atoms with Crippen LogP contribution in [-0.2, 0) is 5.41 Å². The Morgan fingerprint density at radius 1 is 0.355 bits per heavy atom. The number of rotatable bonds is 6. The smallest absolute Gasteiger partial charge is 0.0714 e. The van der Waals surface area contributed by atoms with Gasteiger partial charge in [0.1, 0.15) is 0 Å². The van der Waals surface area contributed by atoms with Gasteiger partial charge in [-0.05, 0) is 129 Å². The number of benzene rings is 10. The third-order valence-corrected chi connectivity index (χ3v) is 14.4. The fraction of sp³-hybridized carbons (Fsp3) is 0.0169. The van der Waals surface area contributed by atoms with E-state index in [1.54, 1.807) is 0 Å². The zero-order chi connectivity index (χ0) is 40.8. The number of para-hydroxylation sites is 2.